The molecule has 0 saturated carbocycles. The van der Waals surface area contributed by atoms with Crippen LogP contribution in [0.25, 0.3) is 0 Å². The molecular weight excluding hydrogens is 1630 g/mol. The van der Waals surface area contributed by atoms with Crippen molar-refractivity contribution in [3.8, 4) is 0 Å². The zero-order chi connectivity index (χ0) is 82.4. The molecule has 2 aliphatic heterocycles. The molecule has 6 rings (SSSR count). The Balaban J connectivity index is 0.0000232. The number of imidazole rings is 1. The van der Waals surface area contributed by atoms with Gasteiger partial charge in [0.15, 0.2) is 23.1 Å². The van der Waals surface area contributed by atoms with Gasteiger partial charge in [0.05, 0.1) is 49.6 Å². The number of primary amides is 1. The summed E-state index contributed by atoms with van der Waals surface area (Å²) < 4.78 is 15.5. The number of anilines is 1. The normalized spacial score (nSPS) is 17.1. The third kappa shape index (κ3) is 35.9. The molecule has 1 aromatic heterocycles. The van der Waals surface area contributed by atoms with Gasteiger partial charge >= 0.3 is 5.97 Å². The van der Waals surface area contributed by atoms with Crippen LogP contribution >= 0.6 is 0 Å². The topological polar surface area (TPSA) is 439 Å². The number of carbonyl (C=O) groups is 14. The fourth-order valence-corrected chi connectivity index (χ4v) is 14.0. The Hall–Kier alpha value is -8.92. The number of benzene rings is 2. The number of aromatic nitrogens is 2. The molecule has 1 saturated heterocycles. The van der Waals surface area contributed by atoms with Crippen LogP contribution in [0, 0.1) is 78.3 Å². The molecule has 7 amide bonds. The molecule has 633 valence electrons. The van der Waals surface area contributed by atoms with E-state index in [-0.39, 0.29) is 151 Å². The van der Waals surface area contributed by atoms with Crippen molar-refractivity contribution < 1.29 is 123 Å². The molecule has 1 fully saturated rings. The summed E-state index contributed by atoms with van der Waals surface area (Å²) in [7, 11) is 0. The summed E-state index contributed by atoms with van der Waals surface area (Å²) in [6.45, 7) is 15.6. The van der Waals surface area contributed by atoms with Gasteiger partial charge in [0.1, 0.15) is 26.7 Å². The maximum absolute atomic E-state index is 14.8. The first kappa shape index (κ1) is 95.7. The predicted octanol–water partition coefficient (Wildman–Crippen LogP) is 3.07. The van der Waals surface area contributed by atoms with Crippen LogP contribution in [0.15, 0.2) is 103 Å². The van der Waals surface area contributed by atoms with E-state index in [0.29, 0.717) is 99.6 Å². The van der Waals surface area contributed by atoms with Crippen LogP contribution in [-0.2, 0) is 101 Å². The van der Waals surface area contributed by atoms with E-state index in [0.717, 1.165) is 18.4 Å². The number of ketones is 4. The second-order valence-electron chi connectivity index (χ2n) is 30.6. The van der Waals surface area contributed by atoms with Crippen LogP contribution in [0.5, 0.6) is 0 Å². The van der Waals surface area contributed by atoms with Crippen molar-refractivity contribution in [2.45, 2.75) is 162 Å². The largest absolute Gasteiger partial charge is 0.480 e. The van der Waals surface area contributed by atoms with Crippen molar-refractivity contribution >= 4 is 89.1 Å². The molecule has 3 heterocycles. The van der Waals surface area contributed by atoms with Crippen molar-refractivity contribution in [1.29, 1.82) is 0 Å². The van der Waals surface area contributed by atoms with E-state index < -0.39 is 127 Å². The summed E-state index contributed by atoms with van der Waals surface area (Å²) >= 11 is 0. The SMILES string of the molecule is CC(C)CC(CC(=O)[C@H](Cc1cnc[nH]1)NC(=O)CCC(=O)[C@@H](NC(=O)[C@@H](C)CC(=O)[C@H](CC1=CNC2C=CC=CC12)NC(=O)[C@@H](CCC(N)=O)CC(=O)[C@H](Cc1ccccc1)NC(=O)COCC(=O)Nc1ccc(CNC(=O)CN2CCN(COC=O)CCN(COC=O)CCN(CC(=O)O)CC2)cc1)C(C)C)CC(C)C.[177Lu]. The number of rotatable bonds is 50. The second kappa shape index (κ2) is 51.1. The number of ether oxygens (including phenoxy) is 3. The van der Waals surface area contributed by atoms with Gasteiger partial charge in [-0.1, -0.05) is 115 Å². The van der Waals surface area contributed by atoms with Gasteiger partial charge in [0, 0.05) is 176 Å². The number of nitrogens with one attached hydrogen (secondary N) is 8. The number of carbonyl (C=O) groups excluding carboxylic acids is 13. The van der Waals surface area contributed by atoms with Gasteiger partial charge < -0.3 is 67.3 Å². The van der Waals surface area contributed by atoms with Crippen LogP contribution in [-0.4, -0.2) is 240 Å². The van der Waals surface area contributed by atoms with Crippen molar-refractivity contribution in [3.05, 3.63) is 120 Å². The number of H-pyrrole nitrogens is 1. The summed E-state index contributed by atoms with van der Waals surface area (Å²) in [5.74, 6) is -9.24. The van der Waals surface area contributed by atoms with Gasteiger partial charge in [-0.05, 0) is 90.8 Å². The van der Waals surface area contributed by atoms with E-state index in [9.17, 15) is 72.2 Å². The predicted molar refractivity (Wildman–Crippen MR) is 418 cm³/mol. The molecule has 0 bridgehead atoms. The third-order valence-electron chi connectivity index (χ3n) is 19.9. The quantitative estimate of drug-likeness (QED) is 0.0363. The van der Waals surface area contributed by atoms with Gasteiger partial charge in [0.2, 0.25) is 41.4 Å². The Labute approximate surface area is 696 Å². The average molecular weight is 1750 g/mol. The number of nitrogens with two attached hydrogens (primary N) is 1. The van der Waals surface area contributed by atoms with Gasteiger partial charge in [-0.25, -0.2) is 4.98 Å². The molecule has 8 atom stereocenters. The number of aliphatic carboxylic acids is 1. The minimum Gasteiger partial charge on any atom is -0.480 e. The van der Waals surface area contributed by atoms with E-state index in [1.165, 1.54) is 13.3 Å². The summed E-state index contributed by atoms with van der Waals surface area (Å²) in [4.78, 5) is 201. The molecule has 114 heavy (non-hydrogen) atoms. The number of aromatic amines is 1. The minimum absolute atomic E-state index is 0. The Kier molecular flexibility index (Phi) is 42.9. The summed E-state index contributed by atoms with van der Waals surface area (Å²) in [5, 5.41) is 29.7. The molecule has 2 unspecified atom stereocenters. The Morgan fingerprint density at radius 2 is 1.17 bits per heavy atom. The second-order valence-corrected chi connectivity index (χ2v) is 30.6. The van der Waals surface area contributed by atoms with Crippen molar-refractivity contribution in [2.75, 3.05) is 97.4 Å². The van der Waals surface area contributed by atoms with Gasteiger partial charge in [-0.3, -0.25) is 86.7 Å². The molecule has 3 aromatic rings. The first-order valence-electron chi connectivity index (χ1n) is 38.9. The Morgan fingerprint density at radius 1 is 0.596 bits per heavy atom. The fourth-order valence-electron chi connectivity index (χ4n) is 14.0. The van der Waals surface area contributed by atoms with Gasteiger partial charge in [-0.2, -0.15) is 0 Å². The number of Topliss-reactive ketones (excluding diaryl/α,β-unsaturated/α-hetero) is 4. The van der Waals surface area contributed by atoms with Gasteiger partial charge in [0.25, 0.3) is 12.9 Å². The van der Waals surface area contributed by atoms with E-state index >= 15 is 0 Å². The van der Waals surface area contributed by atoms with Crippen molar-refractivity contribution in [1.82, 2.24) is 61.5 Å². The zero-order valence-corrected chi connectivity index (χ0v) is 68.0. The molecule has 0 spiro atoms. The number of carboxylic acids is 1. The number of nitrogens with zero attached hydrogens (tertiary/aromatic N) is 5. The number of allylic oxidation sites excluding steroid dienone is 2. The molecular formula is C81H116LuN14O18. The average Bonchev–Trinajstić information content (AvgIpc) is 1.78. The fraction of sp³-hybridized carbons (Fsp3) is 0.568. The van der Waals surface area contributed by atoms with E-state index in [1.54, 1.807) is 85.7 Å². The summed E-state index contributed by atoms with van der Waals surface area (Å²) in [5.41, 5.74) is 8.75. The Morgan fingerprint density at radius 3 is 1.75 bits per heavy atom. The van der Waals surface area contributed by atoms with E-state index in [2.05, 4.69) is 74.9 Å². The van der Waals surface area contributed by atoms with E-state index in [1.807, 2.05) is 39.0 Å². The van der Waals surface area contributed by atoms with Crippen LogP contribution in [0.2, 0.25) is 0 Å². The van der Waals surface area contributed by atoms with Crippen LogP contribution in [0.1, 0.15) is 129 Å². The summed E-state index contributed by atoms with van der Waals surface area (Å²) in [6.07, 6.45) is 12.6. The molecule has 1 radical (unpaired) electrons. The van der Waals surface area contributed by atoms with Crippen LogP contribution in [0.3, 0.4) is 0 Å². The first-order chi connectivity index (χ1) is 54.0. The molecule has 11 N–H and O–H groups in total. The molecule has 1 aliphatic carbocycles. The third-order valence-corrected chi connectivity index (χ3v) is 19.9. The van der Waals surface area contributed by atoms with Crippen LogP contribution < -0.4 is 43.0 Å². The van der Waals surface area contributed by atoms with Crippen molar-refractivity contribution in [3.63, 3.8) is 0 Å². The number of carboxylic acid groups (broad SMARTS) is 1. The minimum atomic E-state index is -1.27. The van der Waals surface area contributed by atoms with E-state index in [4.69, 9.17) is 19.9 Å². The zero-order valence-electron chi connectivity index (χ0n) is 66.4. The maximum atomic E-state index is 14.8. The Bertz CT molecular complexity index is 3720. The molecule has 2 aromatic carbocycles. The number of hydrogen-bond donors (Lipinski definition) is 10. The molecule has 3 aliphatic rings. The number of amides is 7. The number of hydrogen-bond acceptors (Lipinski definition) is 23. The van der Waals surface area contributed by atoms with Crippen molar-refractivity contribution in [2.24, 2.45) is 47.2 Å². The monoisotopic (exact) mass is 1750 g/mol. The first-order valence-corrected chi connectivity index (χ1v) is 38.9. The van der Waals surface area contributed by atoms with Gasteiger partial charge in [-0.15, -0.1) is 0 Å². The molecule has 33 heteroatoms. The number of fused-ring (bicyclic) bond motifs is 1. The smallest absolute Gasteiger partial charge is 0.317 e. The summed E-state index contributed by atoms with van der Waals surface area (Å²) in [6, 6.07) is 10.7. The standard InChI is InChI=1S/C81H116N14O18.Lu/c1-53(2)33-59(34-54(3)4)37-71(100)68(40-63-43-83-48-86-63)88-74(103)24-22-69(98)79(55(5)6)91-80(109)56(7)35-70(99)67(38-61-42-84-65-16-12-11-15-64(61)65)90-81(110)60(19-23-73(82)102)39-72(101)66(36-57-13-9-8-10-14-57)89-77(106)47-111-46-76(105)87-62-20-17-58(18-21-62)41-85-75(104)44-92-25-26-93(45-78(107)108)28-30-95(50-113-52-97)32-31-94(29-27-92)49-112-51-96;/h8-18,20-21,42-43,48,51-56,59-60,64-68,79,84H,19,22-41,44-47,49-50H2,1-7H3,(H2,82,102)(H,83,86)(H,85,104)(H,87,105)(H,88,103)(H,89,106)(H,90,110)(H,91,109)(H,107,108);/t56-,60-,64?,65?,66-,67-,68-,79-;/m0./s1/i;1+2. The maximum Gasteiger partial charge on any atom is 0.317 e. The molecule has 32 nitrogen and oxygen atoms in total. The van der Waals surface area contributed by atoms with Crippen LogP contribution in [0.4, 0.5) is 5.69 Å².